The minimum absolute atomic E-state index is 0.239. The van der Waals surface area contributed by atoms with Crippen LogP contribution in [0.2, 0.25) is 5.02 Å². The van der Waals surface area contributed by atoms with Crippen LogP contribution in [0.5, 0.6) is 0 Å². The number of carboxylic acids is 1. The van der Waals surface area contributed by atoms with E-state index in [1.54, 1.807) is 25.1 Å². The summed E-state index contributed by atoms with van der Waals surface area (Å²) in [7, 11) is 0. The minimum Gasteiger partial charge on any atom is -0.480 e. The van der Waals surface area contributed by atoms with Gasteiger partial charge in [0.05, 0.1) is 0 Å². The third-order valence-electron chi connectivity index (χ3n) is 4.89. The number of hydrogen-bond acceptors (Lipinski definition) is 7. The molecule has 3 N–H and O–H groups in total. The van der Waals surface area contributed by atoms with Crippen LogP contribution in [0.25, 0.3) is 11.3 Å². The third-order valence-corrected chi connectivity index (χ3v) is 6.34. The molecule has 9 nitrogen and oxygen atoms in total. The maximum atomic E-state index is 12.4. The monoisotopic (exact) mass is 517 g/mol. The van der Waals surface area contributed by atoms with Gasteiger partial charge in [-0.25, -0.2) is 9.59 Å². The highest BCUT2D eigenvalue weighted by Crippen LogP contribution is 2.29. The number of halogens is 1. The highest BCUT2D eigenvalue weighted by Gasteiger charge is 2.19. The molecule has 1 aromatic heterocycles. The molecule has 1 unspecified atom stereocenters. The Balaban J connectivity index is 1.57. The van der Waals surface area contributed by atoms with Gasteiger partial charge in [-0.05, 0) is 18.6 Å². The summed E-state index contributed by atoms with van der Waals surface area (Å²) in [6.45, 7) is 3.01. The Morgan fingerprint density at radius 3 is 2.54 bits per heavy atom. The van der Waals surface area contributed by atoms with Gasteiger partial charge in [0, 0.05) is 34.6 Å². The first kappa shape index (κ1) is 26.1. The topological polar surface area (TPSA) is 131 Å². The van der Waals surface area contributed by atoms with Crippen molar-refractivity contribution in [1.82, 2.24) is 10.5 Å². The van der Waals surface area contributed by atoms with Gasteiger partial charge in [-0.3, -0.25) is 10.1 Å². The summed E-state index contributed by atoms with van der Waals surface area (Å²) in [4.78, 5) is 34.8. The molecule has 2 atom stereocenters. The fourth-order valence-corrected chi connectivity index (χ4v) is 4.47. The molecule has 3 aromatic rings. The number of aromatic nitrogens is 1. The number of nitrogens with zero attached hydrogens (tertiary/aromatic N) is 1. The van der Waals surface area contributed by atoms with Gasteiger partial charge >= 0.3 is 12.1 Å². The molecular formula is C24H24ClN3O6S. The molecule has 11 heteroatoms. The molecule has 0 aliphatic rings. The van der Waals surface area contributed by atoms with Gasteiger partial charge in [0.2, 0.25) is 5.91 Å². The normalized spacial score (nSPS) is 12.4. The number of rotatable bonds is 10. The van der Waals surface area contributed by atoms with Crippen LogP contribution in [0.1, 0.15) is 31.1 Å². The zero-order valence-electron chi connectivity index (χ0n) is 19.0. The lowest BCUT2D eigenvalue weighted by Crippen LogP contribution is -2.41. The number of carboxylic acid groups (broad SMARTS) is 1. The highest BCUT2D eigenvalue weighted by atomic mass is 35.5. The van der Waals surface area contributed by atoms with Crippen LogP contribution in [0.15, 0.2) is 59.3 Å². The number of carbonyl (C=O) groups excluding carboxylic acids is 2. The zero-order chi connectivity index (χ0) is 25.4. The molecular weight excluding hydrogens is 494 g/mol. The van der Waals surface area contributed by atoms with Gasteiger partial charge in [-0.15, -0.1) is 0 Å². The molecule has 0 saturated carbocycles. The van der Waals surface area contributed by atoms with E-state index >= 15 is 0 Å². The smallest absolute Gasteiger partial charge is 0.412 e. The molecule has 0 aliphatic carbocycles. The Morgan fingerprint density at radius 2 is 1.89 bits per heavy atom. The van der Waals surface area contributed by atoms with Crippen molar-refractivity contribution in [2.45, 2.75) is 31.7 Å². The van der Waals surface area contributed by atoms with Crippen LogP contribution in [0.3, 0.4) is 0 Å². The predicted octanol–water partition coefficient (Wildman–Crippen LogP) is 5.13. The number of amides is 2. The molecule has 0 saturated heterocycles. The molecule has 35 heavy (non-hydrogen) atoms. The molecule has 1 heterocycles. The van der Waals surface area contributed by atoms with Gasteiger partial charge in [0.15, 0.2) is 0 Å². The largest absolute Gasteiger partial charge is 0.480 e. The molecule has 2 aromatic carbocycles. The molecule has 2 amide bonds. The van der Waals surface area contributed by atoms with E-state index < -0.39 is 24.2 Å². The Kier molecular flexibility index (Phi) is 9.16. The molecule has 3 rings (SSSR count). The van der Waals surface area contributed by atoms with Crippen molar-refractivity contribution >= 4 is 47.0 Å². The van der Waals surface area contributed by atoms with Gasteiger partial charge in [0.1, 0.15) is 29.8 Å². The average Bonchev–Trinajstić information content (AvgIpc) is 3.26. The third kappa shape index (κ3) is 7.49. The average molecular weight is 518 g/mol. The summed E-state index contributed by atoms with van der Waals surface area (Å²) >= 11 is 7.55. The SMILES string of the molecule is CC(=O)N[C@@H](CSCc1ccc(-c2nocc2NC(=O)OC(C)c2ccccc2Cl)cc1)C(=O)O. The standard InChI is InChI=1S/C24H24ClN3O6S/c1-14(18-5-3-4-6-19(18)25)34-24(32)27-20-11-33-28-22(20)17-9-7-16(8-10-17)12-35-13-21(23(30)31)26-15(2)29/h3-11,14,21H,12-13H2,1-2H3,(H,26,29)(H,27,32)(H,30,31)/t14?,21-/m0/s1. The Morgan fingerprint density at radius 1 is 1.17 bits per heavy atom. The fourth-order valence-electron chi connectivity index (χ4n) is 3.18. The van der Waals surface area contributed by atoms with Gasteiger partial charge < -0.3 is 19.7 Å². The van der Waals surface area contributed by atoms with Crippen LogP contribution in [0, 0.1) is 0 Å². The summed E-state index contributed by atoms with van der Waals surface area (Å²) in [5.41, 5.74) is 3.14. The molecule has 0 radical (unpaired) electrons. The fraction of sp³-hybridized carbons (Fsp3) is 0.250. The first-order valence-electron chi connectivity index (χ1n) is 10.6. The number of hydrogen-bond donors (Lipinski definition) is 3. The van der Waals surface area contributed by atoms with Crippen LogP contribution in [-0.4, -0.2) is 40.0 Å². The van der Waals surface area contributed by atoms with Crippen molar-refractivity contribution in [2.75, 3.05) is 11.1 Å². The number of ether oxygens (including phenoxy) is 1. The second-order valence-electron chi connectivity index (χ2n) is 7.57. The number of benzene rings is 2. The summed E-state index contributed by atoms with van der Waals surface area (Å²) in [5, 5.41) is 18.7. The first-order valence-corrected chi connectivity index (χ1v) is 12.1. The molecule has 0 bridgehead atoms. The van der Waals surface area contributed by atoms with Crippen molar-refractivity contribution in [2.24, 2.45) is 0 Å². The van der Waals surface area contributed by atoms with Gasteiger partial charge in [-0.1, -0.05) is 59.2 Å². The Hall–Kier alpha value is -3.50. The van der Waals surface area contributed by atoms with Gasteiger partial charge in [0.25, 0.3) is 0 Å². The van der Waals surface area contributed by atoms with E-state index in [2.05, 4.69) is 15.8 Å². The first-order chi connectivity index (χ1) is 16.7. The molecule has 0 fully saturated rings. The van der Waals surface area contributed by atoms with Crippen LogP contribution in [-0.2, 0) is 20.1 Å². The zero-order valence-corrected chi connectivity index (χ0v) is 20.6. The Bertz CT molecular complexity index is 1180. The molecule has 0 spiro atoms. The van der Waals surface area contributed by atoms with E-state index in [0.29, 0.717) is 33.3 Å². The Labute approximate surface area is 211 Å². The number of carbonyl (C=O) groups is 3. The molecule has 184 valence electrons. The van der Waals surface area contributed by atoms with E-state index in [-0.39, 0.29) is 11.7 Å². The summed E-state index contributed by atoms with van der Waals surface area (Å²) in [5.74, 6) is -0.668. The van der Waals surface area contributed by atoms with Crippen LogP contribution in [0.4, 0.5) is 10.5 Å². The maximum absolute atomic E-state index is 12.4. The number of anilines is 1. The predicted molar refractivity (Wildman–Crippen MR) is 133 cm³/mol. The van der Waals surface area contributed by atoms with Crippen LogP contribution < -0.4 is 10.6 Å². The van der Waals surface area contributed by atoms with E-state index in [1.165, 1.54) is 24.9 Å². The van der Waals surface area contributed by atoms with Crippen LogP contribution >= 0.6 is 23.4 Å². The lowest BCUT2D eigenvalue weighted by atomic mass is 10.1. The van der Waals surface area contributed by atoms with E-state index in [4.69, 9.17) is 20.9 Å². The lowest BCUT2D eigenvalue weighted by molar-refractivity contribution is -0.140. The summed E-state index contributed by atoms with van der Waals surface area (Å²) in [6, 6.07) is 13.5. The molecule has 0 aliphatic heterocycles. The van der Waals surface area contributed by atoms with Gasteiger partial charge in [-0.2, -0.15) is 11.8 Å². The quantitative estimate of drug-likeness (QED) is 0.337. The van der Waals surface area contributed by atoms with E-state index in [0.717, 1.165) is 5.56 Å². The van der Waals surface area contributed by atoms with E-state index in [1.807, 2.05) is 30.3 Å². The second kappa shape index (κ2) is 12.3. The van der Waals surface area contributed by atoms with Crippen molar-refractivity contribution in [3.8, 4) is 11.3 Å². The van der Waals surface area contributed by atoms with Crippen molar-refractivity contribution in [3.05, 3.63) is 70.9 Å². The van der Waals surface area contributed by atoms with Crippen molar-refractivity contribution in [1.29, 1.82) is 0 Å². The number of thioether (sulfide) groups is 1. The number of aliphatic carboxylic acids is 1. The minimum atomic E-state index is -1.08. The van der Waals surface area contributed by atoms with Crippen molar-refractivity contribution in [3.63, 3.8) is 0 Å². The highest BCUT2D eigenvalue weighted by molar-refractivity contribution is 7.98. The maximum Gasteiger partial charge on any atom is 0.412 e. The summed E-state index contributed by atoms with van der Waals surface area (Å²) in [6.07, 6.45) is 0.0754. The number of nitrogens with one attached hydrogen (secondary N) is 2. The summed E-state index contributed by atoms with van der Waals surface area (Å²) < 4.78 is 10.5. The second-order valence-corrected chi connectivity index (χ2v) is 9.01. The van der Waals surface area contributed by atoms with E-state index in [9.17, 15) is 19.5 Å². The van der Waals surface area contributed by atoms with Crippen molar-refractivity contribution < 1.29 is 28.8 Å². The lowest BCUT2D eigenvalue weighted by Gasteiger charge is -2.15.